The lowest BCUT2D eigenvalue weighted by Gasteiger charge is -2.43. The minimum Gasteiger partial charge on any atom is -0.349 e. The van der Waals surface area contributed by atoms with E-state index < -0.39 is 0 Å². The van der Waals surface area contributed by atoms with Gasteiger partial charge in [0.1, 0.15) is 0 Å². The zero-order valence-electron chi connectivity index (χ0n) is 12.6. The molecule has 2 heteroatoms. The van der Waals surface area contributed by atoms with E-state index >= 15 is 0 Å². The standard InChI is InChI=1S/C15H30O2/c1-13(2,3)12-16-15(17-14(4,5)6)10-8-7-9-11-15/h7-12H2,1-6H3. The van der Waals surface area contributed by atoms with Gasteiger partial charge in [0.05, 0.1) is 12.2 Å². The Hall–Kier alpha value is -0.0800. The maximum Gasteiger partial charge on any atom is 0.169 e. The highest BCUT2D eigenvalue weighted by Gasteiger charge is 2.38. The van der Waals surface area contributed by atoms with Gasteiger partial charge >= 0.3 is 0 Å². The lowest BCUT2D eigenvalue weighted by atomic mass is 9.92. The fourth-order valence-electron chi connectivity index (χ4n) is 2.27. The Bertz CT molecular complexity index is 226. The van der Waals surface area contributed by atoms with Crippen molar-refractivity contribution in [3.63, 3.8) is 0 Å². The Kier molecular flexibility index (Phi) is 4.65. The van der Waals surface area contributed by atoms with Crippen LogP contribution in [-0.2, 0) is 9.47 Å². The van der Waals surface area contributed by atoms with Crippen LogP contribution in [0.15, 0.2) is 0 Å². The molecule has 0 unspecified atom stereocenters. The van der Waals surface area contributed by atoms with Crippen LogP contribution in [0.25, 0.3) is 0 Å². The Labute approximate surface area is 107 Å². The monoisotopic (exact) mass is 242 g/mol. The molecule has 0 N–H and O–H groups in total. The molecule has 0 atom stereocenters. The summed E-state index contributed by atoms with van der Waals surface area (Å²) in [7, 11) is 0. The van der Waals surface area contributed by atoms with Crippen LogP contribution in [0.3, 0.4) is 0 Å². The second kappa shape index (κ2) is 5.27. The molecule has 0 aliphatic heterocycles. The van der Waals surface area contributed by atoms with Crippen molar-refractivity contribution >= 4 is 0 Å². The van der Waals surface area contributed by atoms with Gasteiger partial charge in [-0.25, -0.2) is 0 Å². The second-order valence-corrected chi connectivity index (χ2v) is 7.54. The smallest absolute Gasteiger partial charge is 0.169 e. The maximum atomic E-state index is 6.24. The third-order valence-corrected chi connectivity index (χ3v) is 2.88. The molecule has 1 fully saturated rings. The first-order valence-corrected chi connectivity index (χ1v) is 6.96. The van der Waals surface area contributed by atoms with Crippen molar-refractivity contribution in [2.45, 2.75) is 85.0 Å². The molecule has 0 amide bonds. The number of ether oxygens (including phenoxy) is 2. The molecule has 17 heavy (non-hydrogen) atoms. The van der Waals surface area contributed by atoms with Gasteiger partial charge in [0.25, 0.3) is 0 Å². The lowest BCUT2D eigenvalue weighted by molar-refractivity contribution is -0.298. The highest BCUT2D eigenvalue weighted by atomic mass is 16.7. The van der Waals surface area contributed by atoms with Crippen LogP contribution >= 0.6 is 0 Å². The molecular formula is C15H30O2. The molecule has 0 bridgehead atoms. The fraction of sp³-hybridized carbons (Fsp3) is 1.00. The second-order valence-electron chi connectivity index (χ2n) is 7.54. The normalized spacial score (nSPS) is 21.5. The number of hydrogen-bond acceptors (Lipinski definition) is 2. The Morgan fingerprint density at radius 2 is 1.41 bits per heavy atom. The van der Waals surface area contributed by atoms with Crippen molar-refractivity contribution in [1.29, 1.82) is 0 Å². The summed E-state index contributed by atoms with van der Waals surface area (Å²) in [6.07, 6.45) is 5.84. The van der Waals surface area contributed by atoms with Gasteiger partial charge in [-0.05, 0) is 39.0 Å². The molecule has 1 saturated carbocycles. The van der Waals surface area contributed by atoms with Gasteiger partial charge in [-0.1, -0.05) is 27.2 Å². The first-order chi connectivity index (χ1) is 7.62. The van der Waals surface area contributed by atoms with Gasteiger partial charge in [0, 0.05) is 12.8 Å². The molecule has 0 aromatic carbocycles. The predicted molar refractivity (Wildman–Crippen MR) is 72.1 cm³/mol. The van der Waals surface area contributed by atoms with Crippen LogP contribution in [0.1, 0.15) is 73.6 Å². The van der Waals surface area contributed by atoms with E-state index in [0.29, 0.717) is 0 Å². The highest BCUT2D eigenvalue weighted by Crippen LogP contribution is 2.37. The van der Waals surface area contributed by atoms with Crippen molar-refractivity contribution in [2.24, 2.45) is 5.41 Å². The Morgan fingerprint density at radius 1 is 0.882 bits per heavy atom. The zero-order chi connectivity index (χ0) is 13.2. The summed E-state index contributed by atoms with van der Waals surface area (Å²) in [5, 5.41) is 0. The summed E-state index contributed by atoms with van der Waals surface area (Å²) < 4.78 is 12.4. The molecule has 1 aliphatic carbocycles. The third kappa shape index (κ3) is 5.87. The number of rotatable bonds is 3. The zero-order valence-corrected chi connectivity index (χ0v) is 12.6. The summed E-state index contributed by atoms with van der Waals surface area (Å²) in [4.78, 5) is 0. The molecule has 0 radical (unpaired) electrons. The lowest BCUT2D eigenvalue weighted by Crippen LogP contribution is -2.45. The van der Waals surface area contributed by atoms with Crippen molar-refractivity contribution in [1.82, 2.24) is 0 Å². The van der Waals surface area contributed by atoms with Crippen molar-refractivity contribution in [2.75, 3.05) is 6.61 Å². The third-order valence-electron chi connectivity index (χ3n) is 2.88. The van der Waals surface area contributed by atoms with E-state index in [-0.39, 0.29) is 16.8 Å². The molecule has 102 valence electrons. The first-order valence-electron chi connectivity index (χ1n) is 6.96. The average Bonchev–Trinajstić information content (AvgIpc) is 2.13. The van der Waals surface area contributed by atoms with Gasteiger partial charge in [-0.3, -0.25) is 0 Å². The molecule has 0 saturated heterocycles. The van der Waals surface area contributed by atoms with E-state index in [1.807, 2.05) is 0 Å². The van der Waals surface area contributed by atoms with E-state index in [4.69, 9.17) is 9.47 Å². The average molecular weight is 242 g/mol. The van der Waals surface area contributed by atoms with Crippen LogP contribution in [0, 0.1) is 5.41 Å². The van der Waals surface area contributed by atoms with Crippen molar-refractivity contribution in [3.05, 3.63) is 0 Å². The molecule has 2 nitrogen and oxygen atoms in total. The summed E-state index contributed by atoms with van der Waals surface area (Å²) in [6, 6.07) is 0. The van der Waals surface area contributed by atoms with Gasteiger partial charge < -0.3 is 9.47 Å². The fourth-order valence-corrected chi connectivity index (χ4v) is 2.27. The van der Waals surface area contributed by atoms with Gasteiger partial charge in [0.15, 0.2) is 5.79 Å². The minimum atomic E-state index is -0.330. The van der Waals surface area contributed by atoms with Gasteiger partial charge in [-0.2, -0.15) is 0 Å². The highest BCUT2D eigenvalue weighted by molar-refractivity contribution is 4.80. The van der Waals surface area contributed by atoms with Crippen LogP contribution in [0.4, 0.5) is 0 Å². The molecule has 0 heterocycles. The first kappa shape index (κ1) is 15.0. The largest absolute Gasteiger partial charge is 0.349 e. The minimum absolute atomic E-state index is 0.130. The molecule has 1 aliphatic rings. The van der Waals surface area contributed by atoms with E-state index in [9.17, 15) is 0 Å². The van der Waals surface area contributed by atoms with Crippen LogP contribution in [0.2, 0.25) is 0 Å². The van der Waals surface area contributed by atoms with Crippen molar-refractivity contribution in [3.8, 4) is 0 Å². The van der Waals surface area contributed by atoms with E-state index in [0.717, 1.165) is 19.4 Å². The summed E-state index contributed by atoms with van der Waals surface area (Å²) >= 11 is 0. The topological polar surface area (TPSA) is 18.5 Å². The summed E-state index contributed by atoms with van der Waals surface area (Å²) in [6.45, 7) is 13.7. The Morgan fingerprint density at radius 3 is 1.82 bits per heavy atom. The SMILES string of the molecule is CC(C)(C)COC1(OC(C)(C)C)CCCCC1. The number of hydrogen-bond donors (Lipinski definition) is 0. The van der Waals surface area contributed by atoms with Crippen molar-refractivity contribution < 1.29 is 9.47 Å². The Balaban J connectivity index is 2.65. The predicted octanol–water partition coefficient (Wildman–Crippen LogP) is 4.52. The van der Waals surface area contributed by atoms with Crippen LogP contribution in [-0.4, -0.2) is 18.0 Å². The van der Waals surface area contributed by atoms with E-state index in [1.165, 1.54) is 19.3 Å². The molecule has 1 rings (SSSR count). The quantitative estimate of drug-likeness (QED) is 0.677. The maximum absolute atomic E-state index is 6.24. The van der Waals surface area contributed by atoms with Crippen LogP contribution < -0.4 is 0 Å². The van der Waals surface area contributed by atoms with Crippen LogP contribution in [0.5, 0.6) is 0 Å². The van der Waals surface area contributed by atoms with Gasteiger partial charge in [0.2, 0.25) is 0 Å². The van der Waals surface area contributed by atoms with E-state index in [2.05, 4.69) is 41.5 Å². The molecule has 0 aromatic heterocycles. The van der Waals surface area contributed by atoms with Gasteiger partial charge in [-0.15, -0.1) is 0 Å². The van der Waals surface area contributed by atoms with E-state index in [1.54, 1.807) is 0 Å². The molecular weight excluding hydrogens is 212 g/mol. The molecule has 0 spiro atoms. The molecule has 0 aromatic rings. The summed E-state index contributed by atoms with van der Waals surface area (Å²) in [5.41, 5.74) is 0.0704. The summed E-state index contributed by atoms with van der Waals surface area (Å²) in [5.74, 6) is -0.330.